The lowest BCUT2D eigenvalue weighted by Gasteiger charge is -2.26. The minimum absolute atomic E-state index is 0.121. The van der Waals surface area contributed by atoms with Gasteiger partial charge in [-0.15, -0.1) is 6.42 Å². The van der Waals surface area contributed by atoms with Crippen LogP contribution in [0.25, 0.3) is 17.0 Å². The Labute approximate surface area is 250 Å². The van der Waals surface area contributed by atoms with E-state index in [1.54, 1.807) is 11.5 Å². The van der Waals surface area contributed by atoms with Crippen LogP contribution in [0, 0.1) is 26.2 Å². The van der Waals surface area contributed by atoms with Crippen LogP contribution in [0.4, 0.5) is 0 Å². The average Bonchev–Trinajstić information content (AvgIpc) is 3.36. The van der Waals surface area contributed by atoms with Crippen LogP contribution in [0.5, 0.6) is 5.75 Å². The van der Waals surface area contributed by atoms with Gasteiger partial charge in [-0.2, -0.15) is 0 Å². The van der Waals surface area contributed by atoms with Gasteiger partial charge in [0.05, 0.1) is 35.6 Å². The molecule has 9 heteroatoms. The summed E-state index contributed by atoms with van der Waals surface area (Å²) in [6.45, 7) is 10.1. The summed E-state index contributed by atoms with van der Waals surface area (Å²) in [4.78, 5) is 32.6. The molecule has 1 atom stereocenters. The molecule has 7 nitrogen and oxygen atoms in total. The molecule has 1 aliphatic rings. The Hall–Kier alpha value is -3.87. The molecule has 0 fully saturated rings. The number of terminal acetylenes is 1. The van der Waals surface area contributed by atoms with Crippen molar-refractivity contribution in [3.8, 4) is 18.1 Å². The van der Waals surface area contributed by atoms with E-state index in [9.17, 15) is 9.59 Å². The molecule has 5 rings (SSSR count). The fourth-order valence-electron chi connectivity index (χ4n) is 5.31. The number of ether oxygens (including phenoxy) is 2. The number of methoxy groups -OCH3 is 1. The first kappa shape index (κ1) is 28.7. The van der Waals surface area contributed by atoms with E-state index in [1.807, 2.05) is 52.0 Å². The minimum Gasteiger partial charge on any atom is -0.491 e. The lowest BCUT2D eigenvalue weighted by atomic mass is 9.95. The van der Waals surface area contributed by atoms with Gasteiger partial charge in [0.25, 0.3) is 5.56 Å². The Kier molecular flexibility index (Phi) is 7.82. The number of halogens is 1. The highest BCUT2D eigenvalue weighted by atomic mass is 79.9. The van der Waals surface area contributed by atoms with Crippen molar-refractivity contribution in [3.05, 3.63) is 94.2 Å². The summed E-state index contributed by atoms with van der Waals surface area (Å²) in [6, 6.07) is 11.0. The molecule has 0 amide bonds. The maximum Gasteiger partial charge on any atom is 0.338 e. The number of fused-ring (bicyclic) bond motifs is 2. The third-order valence-electron chi connectivity index (χ3n) is 7.11. The van der Waals surface area contributed by atoms with Crippen LogP contribution in [-0.2, 0) is 16.1 Å². The molecule has 0 saturated carbocycles. The Bertz CT molecular complexity index is 1970. The molecule has 0 bridgehead atoms. The summed E-state index contributed by atoms with van der Waals surface area (Å²) in [5.74, 6) is 2.76. The first-order chi connectivity index (χ1) is 19.5. The van der Waals surface area contributed by atoms with Crippen molar-refractivity contribution in [1.82, 2.24) is 9.13 Å². The number of esters is 1. The number of hydrogen-bond donors (Lipinski definition) is 0. The standard InChI is InChI=1S/C32H30BrN3O4S/c1-8-13-35-20(6)22(23-14-18(4)9-11-25(23)35)16-27-30(37)36-29(24-15-21(33)10-12-26(24)40-17(2)3)28(31(38)39-7)19(5)34-32(36)41-27/h1,9-12,14-17,29H,13H2,2-7H3/b27-16-/t29-/m1/s1. The lowest BCUT2D eigenvalue weighted by molar-refractivity contribution is -0.136. The second-order valence-corrected chi connectivity index (χ2v) is 12.2. The van der Waals surface area contributed by atoms with Crippen molar-refractivity contribution in [2.24, 2.45) is 4.99 Å². The van der Waals surface area contributed by atoms with Crippen LogP contribution in [0.3, 0.4) is 0 Å². The van der Waals surface area contributed by atoms with E-state index in [1.165, 1.54) is 18.4 Å². The largest absolute Gasteiger partial charge is 0.491 e. The third kappa shape index (κ3) is 5.07. The highest BCUT2D eigenvalue weighted by molar-refractivity contribution is 9.10. The number of allylic oxidation sites excluding steroid dienone is 1. The fourth-order valence-corrected chi connectivity index (χ4v) is 6.72. The first-order valence-corrected chi connectivity index (χ1v) is 14.8. The van der Waals surface area contributed by atoms with Crippen molar-refractivity contribution in [2.45, 2.75) is 53.3 Å². The van der Waals surface area contributed by atoms with Crippen molar-refractivity contribution in [2.75, 3.05) is 7.11 Å². The number of carbonyl (C=O) groups excluding carboxylic acids is 1. The van der Waals surface area contributed by atoms with Gasteiger partial charge in [-0.1, -0.05) is 44.8 Å². The van der Waals surface area contributed by atoms with E-state index in [2.05, 4.69) is 44.6 Å². The first-order valence-electron chi connectivity index (χ1n) is 13.2. The summed E-state index contributed by atoms with van der Waals surface area (Å²) < 4.78 is 16.3. The van der Waals surface area contributed by atoms with Gasteiger partial charge in [0.1, 0.15) is 11.8 Å². The molecule has 1 aliphatic heterocycles. The summed E-state index contributed by atoms with van der Waals surface area (Å²) in [5.41, 5.74) is 5.19. The van der Waals surface area contributed by atoms with Crippen molar-refractivity contribution in [1.29, 1.82) is 0 Å². The molecule has 0 radical (unpaired) electrons. The molecule has 0 spiro atoms. The van der Waals surface area contributed by atoms with Gasteiger partial charge < -0.3 is 14.0 Å². The number of carbonyl (C=O) groups is 1. The summed E-state index contributed by atoms with van der Waals surface area (Å²) in [6.07, 6.45) is 7.48. The Balaban J connectivity index is 1.82. The van der Waals surface area contributed by atoms with Gasteiger partial charge in [0, 0.05) is 32.2 Å². The number of thiazole rings is 1. The molecule has 0 aliphatic carbocycles. The zero-order valence-electron chi connectivity index (χ0n) is 23.7. The van der Waals surface area contributed by atoms with Crippen LogP contribution in [0.15, 0.2) is 61.9 Å². The summed E-state index contributed by atoms with van der Waals surface area (Å²) in [5, 5.41) is 1.02. The van der Waals surface area contributed by atoms with E-state index < -0.39 is 12.0 Å². The Morgan fingerprint density at radius 3 is 2.66 bits per heavy atom. The van der Waals surface area contributed by atoms with Crippen LogP contribution in [0.1, 0.15) is 49.2 Å². The topological polar surface area (TPSA) is 74.8 Å². The van der Waals surface area contributed by atoms with Gasteiger partial charge in [0.2, 0.25) is 0 Å². The van der Waals surface area contributed by atoms with E-state index in [0.29, 0.717) is 32.9 Å². The fraction of sp³-hybridized carbons (Fsp3) is 0.281. The van der Waals surface area contributed by atoms with E-state index in [0.717, 1.165) is 32.2 Å². The number of aryl methyl sites for hydroxylation is 1. The number of benzene rings is 2. The van der Waals surface area contributed by atoms with Crippen LogP contribution in [-0.4, -0.2) is 28.3 Å². The van der Waals surface area contributed by atoms with Crippen LogP contribution < -0.4 is 19.6 Å². The van der Waals surface area contributed by atoms with Crippen molar-refractivity contribution >= 4 is 50.2 Å². The van der Waals surface area contributed by atoms with Crippen molar-refractivity contribution < 1.29 is 14.3 Å². The molecule has 2 aromatic heterocycles. The van der Waals surface area contributed by atoms with Crippen LogP contribution >= 0.6 is 27.3 Å². The normalized spacial score (nSPS) is 15.2. The number of rotatable bonds is 6. The average molecular weight is 633 g/mol. The van der Waals surface area contributed by atoms with E-state index in [4.69, 9.17) is 20.9 Å². The van der Waals surface area contributed by atoms with Gasteiger partial charge in [-0.05, 0) is 71.0 Å². The Morgan fingerprint density at radius 2 is 1.98 bits per heavy atom. The van der Waals surface area contributed by atoms with Gasteiger partial charge in [-0.25, -0.2) is 9.79 Å². The van der Waals surface area contributed by atoms with Crippen molar-refractivity contribution in [3.63, 3.8) is 0 Å². The van der Waals surface area contributed by atoms with Gasteiger partial charge in [0.15, 0.2) is 4.80 Å². The molecule has 210 valence electrons. The van der Waals surface area contributed by atoms with Gasteiger partial charge in [-0.3, -0.25) is 9.36 Å². The predicted octanol–water partition coefficient (Wildman–Crippen LogP) is 5.16. The predicted molar refractivity (Wildman–Crippen MR) is 166 cm³/mol. The molecule has 3 heterocycles. The maximum atomic E-state index is 14.2. The molecule has 0 N–H and O–H groups in total. The van der Waals surface area contributed by atoms with E-state index in [-0.39, 0.29) is 17.2 Å². The van der Waals surface area contributed by atoms with Crippen LogP contribution in [0.2, 0.25) is 0 Å². The Morgan fingerprint density at radius 1 is 1.22 bits per heavy atom. The smallest absolute Gasteiger partial charge is 0.338 e. The second-order valence-electron chi connectivity index (χ2n) is 10.2. The number of hydrogen-bond acceptors (Lipinski definition) is 6. The lowest BCUT2D eigenvalue weighted by Crippen LogP contribution is -2.40. The third-order valence-corrected chi connectivity index (χ3v) is 8.58. The molecular weight excluding hydrogens is 602 g/mol. The molecular formula is C32H30BrN3O4S. The number of nitrogens with zero attached hydrogens (tertiary/aromatic N) is 3. The highest BCUT2D eigenvalue weighted by Gasteiger charge is 2.35. The van der Waals surface area contributed by atoms with E-state index >= 15 is 0 Å². The number of aromatic nitrogens is 2. The monoisotopic (exact) mass is 631 g/mol. The highest BCUT2D eigenvalue weighted by Crippen LogP contribution is 2.38. The second kappa shape index (κ2) is 11.2. The SMILES string of the molecule is C#CCn1c(C)c(/C=c2\sc3n(c2=O)[C@H](c2cc(Br)ccc2OC(C)C)C(C(=O)OC)=C(C)N=3)c2cc(C)ccc21. The molecule has 0 saturated heterocycles. The molecule has 2 aromatic carbocycles. The molecule has 4 aromatic rings. The summed E-state index contributed by atoms with van der Waals surface area (Å²) >= 11 is 4.85. The molecule has 41 heavy (non-hydrogen) atoms. The zero-order valence-corrected chi connectivity index (χ0v) is 26.1. The molecule has 0 unspecified atom stereocenters. The van der Waals surface area contributed by atoms with Gasteiger partial charge >= 0.3 is 5.97 Å². The minimum atomic E-state index is -0.793. The maximum absolute atomic E-state index is 14.2. The summed E-state index contributed by atoms with van der Waals surface area (Å²) in [7, 11) is 1.33. The quantitative estimate of drug-likeness (QED) is 0.218. The zero-order chi connectivity index (χ0) is 29.6.